The van der Waals surface area contributed by atoms with Gasteiger partial charge in [0.25, 0.3) is 0 Å². The van der Waals surface area contributed by atoms with Crippen molar-refractivity contribution >= 4 is 5.97 Å². The van der Waals surface area contributed by atoms with Gasteiger partial charge in [-0.25, -0.2) is 0 Å². The Morgan fingerprint density at radius 3 is 2.16 bits per heavy atom. The van der Waals surface area contributed by atoms with Crippen LogP contribution in [0.25, 0.3) is 0 Å². The summed E-state index contributed by atoms with van der Waals surface area (Å²) in [6.45, 7) is 6.68. The van der Waals surface area contributed by atoms with Crippen molar-refractivity contribution in [2.75, 3.05) is 26.2 Å². The molecule has 1 fully saturated rings. The number of benzene rings is 2. The van der Waals surface area contributed by atoms with E-state index in [0.29, 0.717) is 6.61 Å². The number of hydrogen-bond acceptors (Lipinski definition) is 4. The third kappa shape index (κ3) is 5.41. The normalized spacial score (nSPS) is 18.8. The Labute approximate surface area is 150 Å². The summed E-state index contributed by atoms with van der Waals surface area (Å²) in [6, 6.07) is 21.2. The predicted octanol–water partition coefficient (Wildman–Crippen LogP) is 2.94. The molecule has 1 aliphatic heterocycles. The highest BCUT2D eigenvalue weighted by molar-refractivity contribution is 5.65. The molecule has 1 atom stereocenters. The Morgan fingerprint density at radius 2 is 1.56 bits per heavy atom. The van der Waals surface area contributed by atoms with E-state index in [1.165, 1.54) is 18.1 Å². The molecule has 1 heterocycles. The van der Waals surface area contributed by atoms with Crippen LogP contribution in [0.2, 0.25) is 0 Å². The summed E-state index contributed by atoms with van der Waals surface area (Å²) < 4.78 is 5.34. The second-order valence-corrected chi connectivity index (χ2v) is 6.63. The molecule has 0 bridgehead atoms. The first kappa shape index (κ1) is 17.6. The third-order valence-corrected chi connectivity index (χ3v) is 4.65. The van der Waals surface area contributed by atoms with Crippen LogP contribution in [0, 0.1) is 0 Å². The zero-order valence-corrected chi connectivity index (χ0v) is 14.8. The average Bonchev–Trinajstić information content (AvgIpc) is 2.63. The van der Waals surface area contributed by atoms with Crippen molar-refractivity contribution in [1.82, 2.24) is 9.80 Å². The lowest BCUT2D eigenvalue weighted by molar-refractivity contribution is -0.143. The molecule has 0 saturated carbocycles. The summed E-state index contributed by atoms with van der Waals surface area (Å²) in [5.74, 6) is -0.208. The van der Waals surface area contributed by atoms with Crippen LogP contribution in [0.4, 0.5) is 0 Å². The number of piperazine rings is 1. The molecule has 1 aliphatic rings. The molecule has 0 N–H and O–H groups in total. The maximum absolute atomic E-state index is 11.3. The SMILES string of the molecule is CC(=O)OCC1CN(Cc2ccccc2)CCN1Cc1ccccc1. The second-order valence-electron chi connectivity index (χ2n) is 6.63. The number of rotatable bonds is 6. The lowest BCUT2D eigenvalue weighted by Gasteiger charge is -2.41. The largest absolute Gasteiger partial charge is 0.464 e. The number of nitrogens with zero attached hydrogens (tertiary/aromatic N) is 2. The summed E-state index contributed by atoms with van der Waals surface area (Å²) >= 11 is 0. The first-order chi connectivity index (χ1) is 12.2. The summed E-state index contributed by atoms with van der Waals surface area (Å²) in [5.41, 5.74) is 2.62. The Bertz CT molecular complexity index is 660. The van der Waals surface area contributed by atoms with Gasteiger partial charge >= 0.3 is 5.97 Å². The average molecular weight is 338 g/mol. The fourth-order valence-electron chi connectivity index (χ4n) is 3.34. The van der Waals surface area contributed by atoms with Gasteiger partial charge in [-0.2, -0.15) is 0 Å². The Kier molecular flexibility index (Phi) is 6.20. The van der Waals surface area contributed by atoms with E-state index in [-0.39, 0.29) is 12.0 Å². The van der Waals surface area contributed by atoms with Gasteiger partial charge in [0, 0.05) is 39.6 Å². The van der Waals surface area contributed by atoms with Gasteiger partial charge in [0.05, 0.1) is 6.04 Å². The van der Waals surface area contributed by atoms with Gasteiger partial charge in [0.2, 0.25) is 0 Å². The molecule has 1 saturated heterocycles. The molecule has 25 heavy (non-hydrogen) atoms. The van der Waals surface area contributed by atoms with Crippen molar-refractivity contribution in [1.29, 1.82) is 0 Å². The van der Waals surface area contributed by atoms with Crippen LogP contribution in [0.3, 0.4) is 0 Å². The lowest BCUT2D eigenvalue weighted by atomic mass is 10.1. The van der Waals surface area contributed by atoms with Crippen LogP contribution in [0.5, 0.6) is 0 Å². The maximum atomic E-state index is 11.3. The third-order valence-electron chi connectivity index (χ3n) is 4.65. The first-order valence-electron chi connectivity index (χ1n) is 8.88. The highest BCUT2D eigenvalue weighted by Crippen LogP contribution is 2.17. The van der Waals surface area contributed by atoms with Crippen LogP contribution in [-0.2, 0) is 22.6 Å². The summed E-state index contributed by atoms with van der Waals surface area (Å²) in [6.07, 6.45) is 0. The standard InChI is InChI=1S/C21H26N2O2/c1-18(24)25-17-21-16-22(14-19-8-4-2-5-9-19)12-13-23(21)15-20-10-6-3-7-11-20/h2-11,21H,12-17H2,1H3. The fraction of sp³-hybridized carbons (Fsp3) is 0.381. The van der Waals surface area contributed by atoms with E-state index in [2.05, 4.69) is 58.3 Å². The molecule has 132 valence electrons. The van der Waals surface area contributed by atoms with Crippen LogP contribution in [0.15, 0.2) is 60.7 Å². The molecule has 0 aliphatic carbocycles. The molecule has 2 aromatic carbocycles. The molecule has 0 amide bonds. The van der Waals surface area contributed by atoms with Crippen molar-refractivity contribution < 1.29 is 9.53 Å². The minimum atomic E-state index is -0.208. The monoisotopic (exact) mass is 338 g/mol. The molecule has 4 nitrogen and oxygen atoms in total. The Balaban J connectivity index is 1.64. The van der Waals surface area contributed by atoms with Gasteiger partial charge in [-0.3, -0.25) is 14.6 Å². The summed E-state index contributed by atoms with van der Waals surface area (Å²) in [4.78, 5) is 16.1. The number of carbonyl (C=O) groups is 1. The quantitative estimate of drug-likeness (QED) is 0.758. The lowest BCUT2D eigenvalue weighted by Crippen LogP contribution is -2.54. The minimum absolute atomic E-state index is 0.208. The smallest absolute Gasteiger partial charge is 0.302 e. The molecule has 1 unspecified atom stereocenters. The van der Waals surface area contributed by atoms with Gasteiger partial charge < -0.3 is 4.74 Å². The minimum Gasteiger partial charge on any atom is -0.464 e. The van der Waals surface area contributed by atoms with Crippen LogP contribution >= 0.6 is 0 Å². The van der Waals surface area contributed by atoms with Crippen molar-refractivity contribution in [2.45, 2.75) is 26.1 Å². The zero-order chi connectivity index (χ0) is 17.5. The van der Waals surface area contributed by atoms with Crippen molar-refractivity contribution in [2.24, 2.45) is 0 Å². The molecular weight excluding hydrogens is 312 g/mol. The van der Waals surface area contributed by atoms with E-state index in [1.807, 2.05) is 12.1 Å². The molecule has 0 radical (unpaired) electrons. The first-order valence-corrected chi connectivity index (χ1v) is 8.88. The van der Waals surface area contributed by atoms with Gasteiger partial charge in [-0.1, -0.05) is 60.7 Å². The van der Waals surface area contributed by atoms with E-state index in [9.17, 15) is 4.79 Å². The predicted molar refractivity (Wildman–Crippen MR) is 99.0 cm³/mol. The van der Waals surface area contributed by atoms with E-state index in [4.69, 9.17) is 4.74 Å². The van der Waals surface area contributed by atoms with Crippen LogP contribution in [0.1, 0.15) is 18.1 Å². The zero-order valence-electron chi connectivity index (χ0n) is 14.8. The Morgan fingerprint density at radius 1 is 0.960 bits per heavy atom. The molecular formula is C21H26N2O2. The van der Waals surface area contributed by atoms with E-state index in [1.54, 1.807) is 0 Å². The number of hydrogen-bond donors (Lipinski definition) is 0. The van der Waals surface area contributed by atoms with Crippen LogP contribution in [-0.4, -0.2) is 48.1 Å². The highest BCUT2D eigenvalue weighted by atomic mass is 16.5. The van der Waals surface area contributed by atoms with E-state index in [0.717, 1.165) is 32.7 Å². The summed E-state index contributed by atoms with van der Waals surface area (Å²) in [5, 5.41) is 0. The fourth-order valence-corrected chi connectivity index (χ4v) is 3.34. The number of esters is 1. The second kappa shape index (κ2) is 8.79. The van der Waals surface area contributed by atoms with Crippen molar-refractivity contribution in [3.63, 3.8) is 0 Å². The van der Waals surface area contributed by atoms with Gasteiger partial charge in [0.15, 0.2) is 0 Å². The Hall–Kier alpha value is -2.17. The van der Waals surface area contributed by atoms with Crippen molar-refractivity contribution in [3.05, 3.63) is 71.8 Å². The van der Waals surface area contributed by atoms with Crippen LogP contribution < -0.4 is 0 Å². The molecule has 2 aromatic rings. The topological polar surface area (TPSA) is 32.8 Å². The molecule has 4 heteroatoms. The van der Waals surface area contributed by atoms with E-state index >= 15 is 0 Å². The van der Waals surface area contributed by atoms with Gasteiger partial charge in [-0.15, -0.1) is 0 Å². The molecule has 3 rings (SSSR count). The maximum Gasteiger partial charge on any atom is 0.302 e. The molecule has 0 spiro atoms. The number of carbonyl (C=O) groups excluding carboxylic acids is 1. The molecule has 0 aromatic heterocycles. The highest BCUT2D eigenvalue weighted by Gasteiger charge is 2.27. The van der Waals surface area contributed by atoms with Crippen molar-refractivity contribution in [3.8, 4) is 0 Å². The van der Waals surface area contributed by atoms with E-state index < -0.39 is 0 Å². The number of ether oxygens (including phenoxy) is 1. The summed E-state index contributed by atoms with van der Waals surface area (Å²) in [7, 11) is 0. The van der Waals surface area contributed by atoms with Gasteiger partial charge in [-0.05, 0) is 11.1 Å². The van der Waals surface area contributed by atoms with Gasteiger partial charge in [0.1, 0.15) is 6.61 Å².